The van der Waals surface area contributed by atoms with E-state index < -0.39 is 52.7 Å². The minimum absolute atomic E-state index is 0.00597. The Balaban J connectivity index is 1.72. The maximum absolute atomic E-state index is 15.0. The summed E-state index contributed by atoms with van der Waals surface area (Å²) in [6.07, 6.45) is 0.00322. The fourth-order valence-electron chi connectivity index (χ4n) is 4.65. The Morgan fingerprint density at radius 2 is 1.72 bits per heavy atom. The molecule has 1 heterocycles. The van der Waals surface area contributed by atoms with Crippen molar-refractivity contribution >= 4 is 30.5 Å². The number of ether oxygens (including phenoxy) is 2. The fraction of sp³-hybridized carbons (Fsp3) is 0.543. The molecule has 2 atom stereocenters. The second-order valence-corrected chi connectivity index (χ2v) is 21.4. The van der Waals surface area contributed by atoms with Gasteiger partial charge in [-0.1, -0.05) is 62.9 Å². The molecule has 258 valence electrons. The van der Waals surface area contributed by atoms with Crippen LogP contribution in [0.4, 0.5) is 9.18 Å². The van der Waals surface area contributed by atoms with Gasteiger partial charge in [0.05, 0.1) is 12.6 Å². The third kappa shape index (κ3) is 11.1. The van der Waals surface area contributed by atoms with Crippen LogP contribution in [0.25, 0.3) is 0 Å². The van der Waals surface area contributed by atoms with Crippen molar-refractivity contribution < 1.29 is 31.5 Å². The maximum Gasteiger partial charge on any atom is 0.408 e. The Morgan fingerprint density at radius 3 is 2.30 bits per heavy atom. The first-order valence-electron chi connectivity index (χ1n) is 15.8. The molecule has 3 rings (SSSR count). The van der Waals surface area contributed by atoms with Crippen molar-refractivity contribution in [1.82, 2.24) is 10.6 Å². The molecule has 0 saturated heterocycles. The number of alkyl carbamates (subject to hydrolysis) is 1. The summed E-state index contributed by atoms with van der Waals surface area (Å²) in [7, 11) is -6.09. The lowest BCUT2D eigenvalue weighted by molar-refractivity contribution is 0.0534. The van der Waals surface area contributed by atoms with Crippen LogP contribution in [-0.2, 0) is 30.3 Å². The summed E-state index contributed by atoms with van der Waals surface area (Å²) < 4.78 is 63.8. The van der Waals surface area contributed by atoms with Gasteiger partial charge in [-0.05, 0) is 89.4 Å². The molecule has 1 unspecified atom stereocenters. The minimum atomic E-state index is -4.03. The zero-order chi connectivity index (χ0) is 35.3. The Bertz CT molecular complexity index is 1600. The predicted octanol–water partition coefficient (Wildman–Crippen LogP) is 6.85. The summed E-state index contributed by atoms with van der Waals surface area (Å²) in [6, 6.07) is 12.8. The highest BCUT2D eigenvalue weighted by Gasteiger charge is 2.46. The number of amidine groups is 1. The van der Waals surface area contributed by atoms with Crippen LogP contribution < -0.4 is 10.6 Å². The van der Waals surface area contributed by atoms with Crippen LogP contribution in [0.5, 0.6) is 0 Å². The number of halogens is 1. The molecule has 0 bridgehead atoms. The van der Waals surface area contributed by atoms with E-state index in [9.17, 15) is 17.6 Å². The van der Waals surface area contributed by atoms with Gasteiger partial charge in [0.2, 0.25) is 0 Å². The summed E-state index contributed by atoms with van der Waals surface area (Å²) in [5.41, 5.74) is 0.117. The molecule has 1 aliphatic heterocycles. The molecule has 9 nitrogen and oxygen atoms in total. The van der Waals surface area contributed by atoms with Crippen LogP contribution in [0.1, 0.15) is 84.5 Å². The van der Waals surface area contributed by atoms with Gasteiger partial charge in [0.15, 0.2) is 8.32 Å². The van der Waals surface area contributed by atoms with E-state index in [0.29, 0.717) is 24.2 Å². The van der Waals surface area contributed by atoms with E-state index in [-0.39, 0.29) is 24.0 Å². The van der Waals surface area contributed by atoms with Crippen LogP contribution in [0.2, 0.25) is 18.1 Å². The van der Waals surface area contributed by atoms with Gasteiger partial charge in [-0.3, -0.25) is 0 Å². The van der Waals surface area contributed by atoms with E-state index in [0.717, 1.165) is 5.56 Å². The number of hydrogen-bond acceptors (Lipinski definition) is 7. The van der Waals surface area contributed by atoms with Crippen molar-refractivity contribution in [3.8, 4) is 11.8 Å². The molecule has 1 amide bonds. The van der Waals surface area contributed by atoms with E-state index in [1.54, 1.807) is 65.0 Å². The SMILES string of the molecule is CC(C)(C)OC(=O)NCC#Cc1ccc(CC2C(C)(C)OC(N[C@@H](CCO[Si](C)(C)C(C)(C)C)c3ccccc3F)=NS2(=O)=O)cc1. The lowest BCUT2D eigenvalue weighted by atomic mass is 9.97. The Kier molecular flexibility index (Phi) is 12.0. The van der Waals surface area contributed by atoms with Gasteiger partial charge in [-0.25, -0.2) is 17.6 Å². The standard InChI is InChI=1S/C35H50FN3O6SSi/c1-33(2,3)45-32(40)37-22-13-14-25-17-19-26(20-18-25)24-30-35(7,8)44-31(39-46(30,41)42)38-29(27-15-11-12-16-28(27)36)21-23-43-47(9,10)34(4,5)6/h11-12,15-20,29-30H,21-24H2,1-10H3,(H,37,40)(H,38,39)/t29-,30?/m0/s1. The molecular formula is C35H50FN3O6SSi. The molecule has 12 heteroatoms. The van der Waals surface area contributed by atoms with Gasteiger partial charge in [0, 0.05) is 17.7 Å². The van der Waals surface area contributed by atoms with Gasteiger partial charge in [-0.15, -0.1) is 4.40 Å². The molecule has 2 N–H and O–H groups in total. The molecule has 0 saturated carbocycles. The maximum atomic E-state index is 15.0. The summed E-state index contributed by atoms with van der Waals surface area (Å²) in [5.74, 6) is 5.43. The number of hydrogen-bond donors (Lipinski definition) is 2. The van der Waals surface area contributed by atoms with Crippen molar-refractivity contribution in [1.29, 1.82) is 0 Å². The first-order chi connectivity index (χ1) is 21.6. The largest absolute Gasteiger partial charge is 0.457 e. The summed E-state index contributed by atoms with van der Waals surface area (Å²) in [4.78, 5) is 11.8. The van der Waals surface area contributed by atoms with Gasteiger partial charge in [0.25, 0.3) is 10.0 Å². The monoisotopic (exact) mass is 687 g/mol. The number of nitrogens with one attached hydrogen (secondary N) is 2. The van der Waals surface area contributed by atoms with Crippen LogP contribution in [0.3, 0.4) is 0 Å². The van der Waals surface area contributed by atoms with E-state index in [4.69, 9.17) is 13.9 Å². The zero-order valence-electron chi connectivity index (χ0n) is 29.3. The number of benzene rings is 2. The van der Waals surface area contributed by atoms with E-state index in [1.165, 1.54) is 6.07 Å². The Labute approximate surface area is 281 Å². The first kappa shape index (κ1) is 38.0. The predicted molar refractivity (Wildman–Crippen MR) is 187 cm³/mol. The highest BCUT2D eigenvalue weighted by molar-refractivity contribution is 7.91. The third-order valence-electron chi connectivity index (χ3n) is 8.29. The highest BCUT2D eigenvalue weighted by atomic mass is 32.2. The first-order valence-corrected chi connectivity index (χ1v) is 20.2. The average Bonchev–Trinajstić information content (AvgIpc) is 2.91. The van der Waals surface area contributed by atoms with E-state index in [2.05, 4.69) is 60.7 Å². The molecule has 0 aromatic heterocycles. The zero-order valence-corrected chi connectivity index (χ0v) is 31.1. The highest BCUT2D eigenvalue weighted by Crippen LogP contribution is 2.37. The Morgan fingerprint density at radius 1 is 1.09 bits per heavy atom. The second-order valence-electron chi connectivity index (χ2n) is 14.8. The molecule has 0 radical (unpaired) electrons. The van der Waals surface area contributed by atoms with Gasteiger partial charge in [0.1, 0.15) is 22.3 Å². The summed E-state index contributed by atoms with van der Waals surface area (Å²) in [5, 5.41) is 4.70. The summed E-state index contributed by atoms with van der Waals surface area (Å²) >= 11 is 0. The average molecular weight is 688 g/mol. The fourth-order valence-corrected chi connectivity index (χ4v) is 7.33. The lowest BCUT2D eigenvalue weighted by Gasteiger charge is -2.38. The van der Waals surface area contributed by atoms with Crippen molar-refractivity contribution in [2.45, 2.75) is 109 Å². The van der Waals surface area contributed by atoms with Crippen LogP contribution in [-0.4, -0.2) is 58.5 Å². The van der Waals surface area contributed by atoms with E-state index >= 15 is 0 Å². The third-order valence-corrected chi connectivity index (χ3v) is 14.7. The van der Waals surface area contributed by atoms with Crippen LogP contribution in [0, 0.1) is 17.7 Å². The molecule has 2 aromatic carbocycles. The number of amides is 1. The number of carbonyl (C=O) groups is 1. The molecule has 47 heavy (non-hydrogen) atoms. The number of sulfonamides is 1. The van der Waals surface area contributed by atoms with Crippen LogP contribution in [0.15, 0.2) is 52.9 Å². The molecule has 1 aliphatic rings. The van der Waals surface area contributed by atoms with Crippen molar-refractivity contribution in [3.05, 3.63) is 71.0 Å². The topological polar surface area (TPSA) is 115 Å². The van der Waals surface area contributed by atoms with Crippen molar-refractivity contribution in [2.24, 2.45) is 4.40 Å². The molecule has 2 aromatic rings. The van der Waals surface area contributed by atoms with Gasteiger partial charge < -0.3 is 24.5 Å². The van der Waals surface area contributed by atoms with Gasteiger partial charge >= 0.3 is 12.1 Å². The van der Waals surface area contributed by atoms with Gasteiger partial charge in [-0.2, -0.15) is 0 Å². The van der Waals surface area contributed by atoms with Crippen molar-refractivity contribution in [2.75, 3.05) is 13.2 Å². The summed E-state index contributed by atoms with van der Waals surface area (Å²) in [6.45, 7) is 20.0. The second kappa shape index (κ2) is 14.8. The lowest BCUT2D eigenvalue weighted by Crippen LogP contribution is -2.53. The van der Waals surface area contributed by atoms with Crippen LogP contribution >= 0.6 is 0 Å². The normalized spacial score (nSPS) is 18.1. The Hall–Kier alpha value is -3.40. The molecular weight excluding hydrogens is 638 g/mol. The number of carbonyl (C=O) groups excluding carboxylic acids is 1. The number of rotatable bonds is 9. The van der Waals surface area contributed by atoms with E-state index in [1.807, 2.05) is 12.1 Å². The molecule has 0 aliphatic carbocycles. The minimum Gasteiger partial charge on any atom is -0.457 e. The smallest absolute Gasteiger partial charge is 0.408 e. The quantitative estimate of drug-likeness (QED) is 0.219. The molecule has 0 spiro atoms. The van der Waals surface area contributed by atoms with Crippen molar-refractivity contribution in [3.63, 3.8) is 0 Å². The number of nitrogens with zero attached hydrogens (tertiary/aromatic N) is 1. The molecule has 0 fully saturated rings.